The summed E-state index contributed by atoms with van der Waals surface area (Å²) in [6.07, 6.45) is 3.55. The summed E-state index contributed by atoms with van der Waals surface area (Å²) < 4.78 is 2.33. The van der Waals surface area contributed by atoms with Gasteiger partial charge in [0, 0.05) is 4.47 Å². The zero-order chi connectivity index (χ0) is 15.2. The van der Waals surface area contributed by atoms with Crippen molar-refractivity contribution in [3.05, 3.63) is 40.6 Å². The number of para-hydroxylation sites is 1. The first kappa shape index (κ1) is 15.7. The third kappa shape index (κ3) is 4.37. The van der Waals surface area contributed by atoms with Gasteiger partial charge in [0.25, 0.3) is 0 Å². The summed E-state index contributed by atoms with van der Waals surface area (Å²) >= 11 is 3.38. The molecule has 0 saturated heterocycles. The van der Waals surface area contributed by atoms with Crippen LogP contribution < -0.4 is 11.1 Å². The van der Waals surface area contributed by atoms with E-state index in [0.29, 0.717) is 5.69 Å². The lowest BCUT2D eigenvalue weighted by Crippen LogP contribution is -2.19. The van der Waals surface area contributed by atoms with E-state index in [4.69, 9.17) is 5.73 Å². The molecule has 3 N–H and O–H groups in total. The van der Waals surface area contributed by atoms with E-state index in [0.717, 1.165) is 23.0 Å². The fourth-order valence-electron chi connectivity index (χ4n) is 1.92. The summed E-state index contributed by atoms with van der Waals surface area (Å²) in [5.74, 6) is -0.164. The minimum atomic E-state index is -0.164. The summed E-state index contributed by atoms with van der Waals surface area (Å²) in [7, 11) is 0. The van der Waals surface area contributed by atoms with E-state index < -0.39 is 0 Å². The van der Waals surface area contributed by atoms with Gasteiger partial charge in [-0.1, -0.05) is 30.7 Å². The molecule has 1 unspecified atom stereocenters. The van der Waals surface area contributed by atoms with Gasteiger partial charge in [0.05, 0.1) is 23.6 Å². The second-order valence-electron chi connectivity index (χ2n) is 4.76. The van der Waals surface area contributed by atoms with E-state index in [-0.39, 0.29) is 18.5 Å². The number of nitrogens with zero attached hydrogens (tertiary/aromatic N) is 3. The molecule has 0 radical (unpaired) electrons. The van der Waals surface area contributed by atoms with Crippen molar-refractivity contribution in [2.45, 2.75) is 32.4 Å². The summed E-state index contributed by atoms with van der Waals surface area (Å²) in [5, 5.41) is 10.8. The van der Waals surface area contributed by atoms with Crippen LogP contribution in [0.4, 0.5) is 5.69 Å². The third-order valence-electron chi connectivity index (χ3n) is 2.99. The molecule has 0 bridgehead atoms. The van der Waals surface area contributed by atoms with E-state index in [1.807, 2.05) is 24.3 Å². The summed E-state index contributed by atoms with van der Waals surface area (Å²) in [6, 6.07) is 7.31. The molecule has 1 atom stereocenters. The number of hydrogen-bond acceptors (Lipinski definition) is 4. The molecular formula is C14H18BrN5O. The van der Waals surface area contributed by atoms with Crippen molar-refractivity contribution >= 4 is 27.5 Å². The van der Waals surface area contributed by atoms with Crippen molar-refractivity contribution in [1.82, 2.24) is 15.0 Å². The molecule has 1 heterocycles. The first-order valence-electron chi connectivity index (χ1n) is 6.80. The van der Waals surface area contributed by atoms with Gasteiger partial charge in [0.2, 0.25) is 5.91 Å². The molecule has 0 aliphatic heterocycles. The van der Waals surface area contributed by atoms with Crippen LogP contribution in [0.3, 0.4) is 0 Å². The number of amides is 1. The predicted molar refractivity (Wildman–Crippen MR) is 84.6 cm³/mol. The second-order valence-corrected chi connectivity index (χ2v) is 5.62. The van der Waals surface area contributed by atoms with Crippen LogP contribution in [0, 0.1) is 0 Å². The number of hydrogen-bond donors (Lipinski definition) is 2. The molecule has 1 aromatic carbocycles. The fraction of sp³-hybridized carbons (Fsp3) is 0.357. The van der Waals surface area contributed by atoms with E-state index in [1.54, 1.807) is 6.20 Å². The molecule has 2 rings (SSSR count). The molecule has 0 spiro atoms. The lowest BCUT2D eigenvalue weighted by Gasteiger charge is -2.07. The minimum absolute atomic E-state index is 0.104. The van der Waals surface area contributed by atoms with Crippen LogP contribution in [0.15, 0.2) is 34.9 Å². The predicted octanol–water partition coefficient (Wildman–Crippen LogP) is 2.48. The first-order chi connectivity index (χ1) is 10.1. The van der Waals surface area contributed by atoms with Crippen molar-refractivity contribution in [2.75, 3.05) is 5.32 Å². The molecule has 112 valence electrons. The van der Waals surface area contributed by atoms with Crippen LogP contribution in [0.25, 0.3) is 0 Å². The zero-order valence-corrected chi connectivity index (χ0v) is 13.4. The number of benzene rings is 1. The molecule has 0 aliphatic rings. The smallest absolute Gasteiger partial charge is 0.246 e. The molecule has 0 aliphatic carbocycles. The SMILES string of the molecule is CCCC(N)c1cn(CC(=O)Nc2ccccc2Br)nn1. The summed E-state index contributed by atoms with van der Waals surface area (Å²) in [6.45, 7) is 2.17. The minimum Gasteiger partial charge on any atom is -0.323 e. The van der Waals surface area contributed by atoms with Gasteiger partial charge in [-0.15, -0.1) is 5.10 Å². The molecule has 7 heteroatoms. The number of carbonyl (C=O) groups is 1. The molecule has 6 nitrogen and oxygen atoms in total. The van der Waals surface area contributed by atoms with Crippen molar-refractivity contribution < 1.29 is 4.79 Å². The second kappa shape index (κ2) is 7.33. The van der Waals surface area contributed by atoms with Crippen molar-refractivity contribution in [3.63, 3.8) is 0 Å². The van der Waals surface area contributed by atoms with Crippen LogP contribution in [0.2, 0.25) is 0 Å². The molecule has 1 aromatic heterocycles. The van der Waals surface area contributed by atoms with Crippen LogP contribution in [-0.4, -0.2) is 20.9 Å². The number of nitrogens with one attached hydrogen (secondary N) is 1. The number of rotatable bonds is 6. The molecule has 0 saturated carbocycles. The van der Waals surface area contributed by atoms with Gasteiger partial charge in [-0.25, -0.2) is 4.68 Å². The van der Waals surface area contributed by atoms with Crippen LogP contribution in [0.5, 0.6) is 0 Å². The van der Waals surface area contributed by atoms with E-state index in [2.05, 4.69) is 38.5 Å². The highest BCUT2D eigenvalue weighted by atomic mass is 79.9. The largest absolute Gasteiger partial charge is 0.323 e. The quantitative estimate of drug-likeness (QED) is 0.836. The maximum Gasteiger partial charge on any atom is 0.246 e. The molecule has 0 fully saturated rings. The number of anilines is 1. The Morgan fingerprint density at radius 2 is 2.24 bits per heavy atom. The lowest BCUT2D eigenvalue weighted by molar-refractivity contribution is -0.116. The Bertz CT molecular complexity index is 613. The number of aromatic nitrogens is 3. The molecule has 2 aromatic rings. The number of halogens is 1. The lowest BCUT2D eigenvalue weighted by atomic mass is 10.1. The van der Waals surface area contributed by atoms with Gasteiger partial charge < -0.3 is 11.1 Å². The fourth-order valence-corrected chi connectivity index (χ4v) is 2.30. The van der Waals surface area contributed by atoms with Gasteiger partial charge in [0.15, 0.2) is 0 Å². The van der Waals surface area contributed by atoms with Crippen molar-refractivity contribution in [2.24, 2.45) is 5.73 Å². The van der Waals surface area contributed by atoms with Gasteiger partial charge in [-0.2, -0.15) is 0 Å². The summed E-state index contributed by atoms with van der Waals surface area (Å²) in [5.41, 5.74) is 7.41. The standard InChI is InChI=1S/C14H18BrN5O/c1-2-5-11(16)13-8-20(19-18-13)9-14(21)17-12-7-4-3-6-10(12)15/h3-4,6-8,11H,2,5,9,16H2,1H3,(H,17,21). The third-order valence-corrected chi connectivity index (χ3v) is 3.68. The molecule has 1 amide bonds. The molecular weight excluding hydrogens is 334 g/mol. The Balaban J connectivity index is 1.96. The number of nitrogens with two attached hydrogens (primary N) is 1. The van der Waals surface area contributed by atoms with Gasteiger partial charge >= 0.3 is 0 Å². The normalized spacial score (nSPS) is 12.1. The first-order valence-corrected chi connectivity index (χ1v) is 7.59. The Kier molecular flexibility index (Phi) is 5.46. The Hall–Kier alpha value is -1.73. The van der Waals surface area contributed by atoms with Crippen LogP contribution >= 0.6 is 15.9 Å². The topological polar surface area (TPSA) is 85.8 Å². The maximum atomic E-state index is 12.0. The van der Waals surface area contributed by atoms with Crippen LogP contribution in [0.1, 0.15) is 31.5 Å². The summed E-state index contributed by atoms with van der Waals surface area (Å²) in [4.78, 5) is 12.0. The van der Waals surface area contributed by atoms with E-state index in [1.165, 1.54) is 4.68 Å². The average Bonchev–Trinajstić information content (AvgIpc) is 2.90. The average molecular weight is 352 g/mol. The van der Waals surface area contributed by atoms with Crippen molar-refractivity contribution in [3.8, 4) is 0 Å². The Morgan fingerprint density at radius 3 is 2.95 bits per heavy atom. The van der Waals surface area contributed by atoms with Crippen LogP contribution in [-0.2, 0) is 11.3 Å². The highest BCUT2D eigenvalue weighted by molar-refractivity contribution is 9.10. The number of carbonyl (C=O) groups excluding carboxylic acids is 1. The zero-order valence-electron chi connectivity index (χ0n) is 11.8. The van der Waals surface area contributed by atoms with Crippen molar-refractivity contribution in [1.29, 1.82) is 0 Å². The van der Waals surface area contributed by atoms with Gasteiger partial charge in [-0.3, -0.25) is 4.79 Å². The molecule has 21 heavy (non-hydrogen) atoms. The van der Waals surface area contributed by atoms with Gasteiger partial charge in [-0.05, 0) is 34.5 Å². The highest BCUT2D eigenvalue weighted by Crippen LogP contribution is 2.21. The highest BCUT2D eigenvalue weighted by Gasteiger charge is 2.12. The van der Waals surface area contributed by atoms with Gasteiger partial charge in [0.1, 0.15) is 6.54 Å². The monoisotopic (exact) mass is 351 g/mol. The Morgan fingerprint density at radius 1 is 1.48 bits per heavy atom. The van der Waals surface area contributed by atoms with E-state index >= 15 is 0 Å². The Labute approximate surface area is 131 Å². The maximum absolute atomic E-state index is 12.0. The van der Waals surface area contributed by atoms with E-state index in [9.17, 15) is 4.79 Å².